The van der Waals surface area contributed by atoms with Crippen LogP contribution in [0.25, 0.3) is 16.8 Å². The number of fused-ring (bicyclic) bond motifs is 1. The predicted molar refractivity (Wildman–Crippen MR) is 107 cm³/mol. The van der Waals surface area contributed by atoms with E-state index in [0.29, 0.717) is 5.95 Å². The van der Waals surface area contributed by atoms with E-state index in [9.17, 15) is 4.21 Å². The van der Waals surface area contributed by atoms with E-state index in [1.807, 2.05) is 54.9 Å². The second-order valence-electron chi connectivity index (χ2n) is 6.14. The van der Waals surface area contributed by atoms with Crippen molar-refractivity contribution in [2.24, 2.45) is 0 Å². The van der Waals surface area contributed by atoms with Crippen LogP contribution in [0.5, 0.6) is 0 Å². The molecule has 7 heteroatoms. The average Bonchev–Trinajstić information content (AvgIpc) is 3.12. The van der Waals surface area contributed by atoms with Gasteiger partial charge in [0.2, 0.25) is 5.95 Å². The predicted octanol–water partition coefficient (Wildman–Crippen LogP) is 3.18. The monoisotopic (exact) mass is 377 g/mol. The zero-order chi connectivity index (χ0) is 18.6. The molecule has 0 aliphatic carbocycles. The minimum atomic E-state index is -0.984. The van der Waals surface area contributed by atoms with Crippen LogP contribution in [0.4, 0.5) is 5.95 Å². The van der Waals surface area contributed by atoms with Crippen LogP contribution in [-0.2, 0) is 17.2 Å². The molecule has 6 nitrogen and oxygen atoms in total. The number of anilines is 1. The molecule has 3 heterocycles. The highest BCUT2D eigenvalue weighted by atomic mass is 32.2. The molecule has 0 aliphatic heterocycles. The second kappa shape index (κ2) is 7.67. The van der Waals surface area contributed by atoms with Crippen LogP contribution in [0.2, 0.25) is 0 Å². The van der Waals surface area contributed by atoms with Crippen LogP contribution in [0.15, 0.2) is 72.0 Å². The summed E-state index contributed by atoms with van der Waals surface area (Å²) in [4.78, 5) is 9.58. The van der Waals surface area contributed by atoms with Gasteiger partial charge in [0.15, 0.2) is 5.65 Å². The van der Waals surface area contributed by atoms with Crippen molar-refractivity contribution in [3.63, 3.8) is 0 Å². The summed E-state index contributed by atoms with van der Waals surface area (Å²) < 4.78 is 13.4. The van der Waals surface area contributed by atoms with Gasteiger partial charge in [-0.2, -0.15) is 4.98 Å². The maximum Gasteiger partial charge on any atom is 0.243 e. The summed E-state index contributed by atoms with van der Waals surface area (Å²) in [5.74, 6) is 0.595. The quantitative estimate of drug-likeness (QED) is 0.559. The molecule has 0 radical (unpaired) electrons. The number of aromatic nitrogens is 4. The van der Waals surface area contributed by atoms with Crippen molar-refractivity contribution in [2.75, 3.05) is 18.1 Å². The van der Waals surface area contributed by atoms with E-state index in [4.69, 9.17) is 0 Å². The highest BCUT2D eigenvalue weighted by molar-refractivity contribution is 7.84. The molecule has 1 atom stereocenters. The number of hydrogen-bond donors (Lipinski definition) is 1. The van der Waals surface area contributed by atoms with Crippen molar-refractivity contribution in [3.8, 4) is 11.1 Å². The molecule has 4 rings (SSSR count). The molecule has 0 saturated carbocycles. The van der Waals surface area contributed by atoms with Crippen LogP contribution in [0.1, 0.15) is 5.56 Å². The minimum Gasteiger partial charge on any atom is -0.353 e. The van der Waals surface area contributed by atoms with Crippen molar-refractivity contribution >= 4 is 22.4 Å². The minimum absolute atomic E-state index is 0.595. The molecule has 27 heavy (non-hydrogen) atoms. The van der Waals surface area contributed by atoms with E-state index < -0.39 is 10.8 Å². The van der Waals surface area contributed by atoms with E-state index in [0.717, 1.165) is 34.6 Å². The topological polar surface area (TPSA) is 72.2 Å². The fraction of sp³-hybridized carbons (Fsp3) is 0.150. The van der Waals surface area contributed by atoms with Crippen LogP contribution < -0.4 is 5.32 Å². The third-order valence-corrected chi connectivity index (χ3v) is 5.22. The summed E-state index contributed by atoms with van der Waals surface area (Å²) in [6, 6.07) is 15.7. The van der Waals surface area contributed by atoms with Crippen molar-refractivity contribution in [2.45, 2.75) is 11.3 Å². The van der Waals surface area contributed by atoms with Gasteiger partial charge >= 0.3 is 0 Å². The first-order chi connectivity index (χ1) is 13.2. The van der Waals surface area contributed by atoms with Crippen LogP contribution in [0.3, 0.4) is 0 Å². The number of hydrogen-bond acceptors (Lipinski definition) is 5. The Balaban J connectivity index is 1.55. The molecular formula is C20H19N5OS. The number of nitrogens with zero attached hydrogens (tertiary/aromatic N) is 4. The summed E-state index contributed by atoms with van der Waals surface area (Å²) in [6.45, 7) is 0.731. The summed E-state index contributed by atoms with van der Waals surface area (Å²) in [7, 11) is -0.984. The molecule has 0 bridgehead atoms. The van der Waals surface area contributed by atoms with Crippen LogP contribution in [-0.4, -0.2) is 36.6 Å². The molecule has 0 spiro atoms. The van der Waals surface area contributed by atoms with Gasteiger partial charge in [0.05, 0.1) is 0 Å². The Morgan fingerprint density at radius 2 is 1.96 bits per heavy atom. The van der Waals surface area contributed by atoms with Crippen LogP contribution in [0, 0.1) is 0 Å². The Morgan fingerprint density at radius 1 is 1.11 bits per heavy atom. The first-order valence-electron chi connectivity index (χ1n) is 8.63. The zero-order valence-corrected chi connectivity index (χ0v) is 15.7. The molecule has 0 amide bonds. The summed E-state index contributed by atoms with van der Waals surface area (Å²) in [5.41, 5.74) is 3.96. The van der Waals surface area contributed by atoms with Crippen molar-refractivity contribution in [1.82, 2.24) is 19.6 Å². The number of rotatable bonds is 6. The largest absolute Gasteiger partial charge is 0.353 e. The Labute approximate surface area is 159 Å². The number of benzene rings is 1. The lowest BCUT2D eigenvalue weighted by molar-refractivity contribution is 0.687. The van der Waals surface area contributed by atoms with E-state index in [2.05, 4.69) is 26.4 Å². The Morgan fingerprint density at radius 3 is 2.70 bits per heavy atom. The van der Waals surface area contributed by atoms with Gasteiger partial charge in [-0.15, -0.1) is 5.10 Å². The lowest BCUT2D eigenvalue weighted by Crippen LogP contribution is -2.06. The van der Waals surface area contributed by atoms with E-state index >= 15 is 0 Å². The zero-order valence-electron chi connectivity index (χ0n) is 14.9. The summed E-state index contributed by atoms with van der Waals surface area (Å²) in [6.07, 6.45) is 8.05. The fourth-order valence-corrected chi connectivity index (χ4v) is 3.42. The second-order valence-corrected chi connectivity index (χ2v) is 7.52. The van der Waals surface area contributed by atoms with Crippen molar-refractivity contribution in [3.05, 3.63) is 72.7 Å². The Kier molecular flexibility index (Phi) is 4.93. The molecule has 136 valence electrons. The maximum absolute atomic E-state index is 11.6. The molecule has 0 saturated heterocycles. The lowest BCUT2D eigenvalue weighted by Gasteiger charge is -2.04. The molecule has 1 aromatic carbocycles. The highest BCUT2D eigenvalue weighted by Crippen LogP contribution is 2.25. The summed E-state index contributed by atoms with van der Waals surface area (Å²) >= 11 is 0. The van der Waals surface area contributed by atoms with E-state index in [-0.39, 0.29) is 0 Å². The first-order valence-corrected chi connectivity index (χ1v) is 10.2. The molecule has 4 aromatic rings. The molecule has 3 aromatic heterocycles. The fourth-order valence-electron chi connectivity index (χ4n) is 2.90. The van der Waals surface area contributed by atoms with Gasteiger partial charge in [-0.1, -0.05) is 18.2 Å². The van der Waals surface area contributed by atoms with Gasteiger partial charge in [0.1, 0.15) is 0 Å². The van der Waals surface area contributed by atoms with Crippen LogP contribution >= 0.6 is 0 Å². The molecule has 0 fully saturated rings. The molecule has 0 aliphatic rings. The standard InChI is InChI=1S/C20H19N5OS/c1-27(26)17-8-6-16(7-9-17)18-5-3-13-25-19(18)23-20(24-25)22-12-10-15-4-2-11-21-14-15/h2-9,11,13-14H,10,12H2,1H3,(H,22,24). The van der Waals surface area contributed by atoms with Gasteiger partial charge in [0.25, 0.3) is 0 Å². The maximum atomic E-state index is 11.6. The summed E-state index contributed by atoms with van der Waals surface area (Å²) in [5, 5.41) is 7.78. The first kappa shape index (κ1) is 17.4. The third kappa shape index (κ3) is 3.88. The lowest BCUT2D eigenvalue weighted by atomic mass is 10.1. The highest BCUT2D eigenvalue weighted by Gasteiger charge is 2.10. The Hall–Kier alpha value is -3.06. The van der Waals surface area contributed by atoms with E-state index in [1.165, 1.54) is 5.56 Å². The van der Waals surface area contributed by atoms with Gasteiger partial charge in [-0.3, -0.25) is 9.19 Å². The van der Waals surface area contributed by atoms with Crippen molar-refractivity contribution < 1.29 is 4.21 Å². The number of pyridine rings is 2. The van der Waals surface area contributed by atoms with Gasteiger partial charge in [-0.05, 0) is 47.9 Å². The average molecular weight is 377 g/mol. The molecule has 1 unspecified atom stereocenters. The molecule has 1 N–H and O–H groups in total. The van der Waals surface area contributed by atoms with Gasteiger partial charge < -0.3 is 5.32 Å². The van der Waals surface area contributed by atoms with Gasteiger partial charge in [-0.25, -0.2) is 4.52 Å². The third-order valence-electron chi connectivity index (χ3n) is 4.28. The normalized spacial score (nSPS) is 12.2. The van der Waals surface area contributed by atoms with E-state index in [1.54, 1.807) is 17.0 Å². The molecular weight excluding hydrogens is 358 g/mol. The van der Waals surface area contributed by atoms with Crippen molar-refractivity contribution in [1.29, 1.82) is 0 Å². The smallest absolute Gasteiger partial charge is 0.243 e. The van der Waals surface area contributed by atoms with Gasteiger partial charge in [0, 0.05) is 52.6 Å². The Bertz CT molecular complexity index is 1080. The SMILES string of the molecule is CS(=O)c1ccc(-c2cccn3nc(NCCc4cccnc4)nc23)cc1. The number of nitrogens with one attached hydrogen (secondary N) is 1.